The van der Waals surface area contributed by atoms with Gasteiger partial charge < -0.3 is 4.90 Å². The minimum absolute atomic E-state index is 0.0488. The molecule has 30 heavy (non-hydrogen) atoms. The first kappa shape index (κ1) is 21.4. The maximum Gasteiger partial charge on any atom is 0.417 e. The van der Waals surface area contributed by atoms with E-state index in [4.69, 9.17) is 0 Å². The molecule has 0 saturated carbocycles. The third-order valence-corrected chi connectivity index (χ3v) is 8.50. The number of amides is 1. The van der Waals surface area contributed by atoms with Crippen LogP contribution in [0.15, 0.2) is 41.3 Å². The third kappa shape index (κ3) is 4.01. The third-order valence-electron chi connectivity index (χ3n) is 6.55. The first-order chi connectivity index (χ1) is 14.2. The summed E-state index contributed by atoms with van der Waals surface area (Å²) in [5.41, 5.74) is -1.16. The van der Waals surface area contributed by atoms with Gasteiger partial charge in [-0.15, -0.1) is 0 Å². The SMILES string of the molecule is O=C(C1CCN(S(=O)(=O)c2ccccc2C(F)(F)F)CC1)N1C[C@@H]2CC=CC[C@H]2C1. The molecule has 1 aromatic rings. The number of halogens is 3. The molecule has 164 valence electrons. The van der Waals surface area contributed by atoms with Crippen molar-refractivity contribution < 1.29 is 26.4 Å². The minimum atomic E-state index is -4.75. The summed E-state index contributed by atoms with van der Waals surface area (Å²) in [6, 6.07) is 4.25. The Kier molecular flexibility index (Phi) is 5.69. The van der Waals surface area contributed by atoms with Gasteiger partial charge in [0, 0.05) is 32.1 Å². The quantitative estimate of drug-likeness (QED) is 0.673. The van der Waals surface area contributed by atoms with E-state index in [1.807, 2.05) is 4.90 Å². The first-order valence-corrected chi connectivity index (χ1v) is 11.7. The van der Waals surface area contributed by atoms with Crippen molar-refractivity contribution >= 4 is 15.9 Å². The molecule has 0 aromatic heterocycles. The predicted molar refractivity (Wildman–Crippen MR) is 105 cm³/mol. The van der Waals surface area contributed by atoms with Crippen LogP contribution in [0.3, 0.4) is 0 Å². The van der Waals surface area contributed by atoms with Crippen LogP contribution in [-0.2, 0) is 21.0 Å². The number of piperidine rings is 1. The van der Waals surface area contributed by atoms with Gasteiger partial charge in [0.1, 0.15) is 0 Å². The fourth-order valence-electron chi connectivity index (χ4n) is 4.86. The fourth-order valence-corrected chi connectivity index (χ4v) is 6.54. The molecule has 2 aliphatic heterocycles. The number of carbonyl (C=O) groups excluding carboxylic acids is 1. The topological polar surface area (TPSA) is 57.7 Å². The fraction of sp³-hybridized carbons (Fsp3) is 0.571. The largest absolute Gasteiger partial charge is 0.417 e. The van der Waals surface area contributed by atoms with E-state index in [1.165, 1.54) is 12.1 Å². The van der Waals surface area contributed by atoms with Crippen LogP contribution in [-0.4, -0.2) is 49.7 Å². The number of benzene rings is 1. The average Bonchev–Trinajstić information content (AvgIpc) is 3.17. The second-order valence-electron chi connectivity index (χ2n) is 8.38. The normalized spacial score (nSPS) is 26.0. The van der Waals surface area contributed by atoms with Crippen LogP contribution in [0, 0.1) is 17.8 Å². The minimum Gasteiger partial charge on any atom is -0.342 e. The summed E-state index contributed by atoms with van der Waals surface area (Å²) >= 11 is 0. The van der Waals surface area contributed by atoms with Gasteiger partial charge in [0.05, 0.1) is 10.5 Å². The Bertz CT molecular complexity index is 921. The van der Waals surface area contributed by atoms with Crippen molar-refractivity contribution in [3.63, 3.8) is 0 Å². The van der Waals surface area contributed by atoms with Crippen molar-refractivity contribution in [3.05, 3.63) is 42.0 Å². The lowest BCUT2D eigenvalue weighted by atomic mass is 9.86. The molecule has 0 bridgehead atoms. The molecule has 0 radical (unpaired) electrons. The van der Waals surface area contributed by atoms with Gasteiger partial charge in [-0.3, -0.25) is 4.79 Å². The smallest absolute Gasteiger partial charge is 0.342 e. The number of nitrogens with zero attached hydrogens (tertiary/aromatic N) is 2. The van der Waals surface area contributed by atoms with Crippen LogP contribution in [0.1, 0.15) is 31.2 Å². The number of allylic oxidation sites excluding steroid dienone is 2. The summed E-state index contributed by atoms with van der Waals surface area (Å²) in [4.78, 5) is 14.1. The van der Waals surface area contributed by atoms with Gasteiger partial charge in [0.15, 0.2) is 0 Å². The second-order valence-corrected chi connectivity index (χ2v) is 10.3. The monoisotopic (exact) mass is 442 g/mol. The lowest BCUT2D eigenvalue weighted by Gasteiger charge is -2.33. The maximum atomic E-state index is 13.3. The van der Waals surface area contributed by atoms with Gasteiger partial charge in [-0.2, -0.15) is 17.5 Å². The van der Waals surface area contributed by atoms with Crippen molar-refractivity contribution in [2.24, 2.45) is 17.8 Å². The summed E-state index contributed by atoms with van der Waals surface area (Å²) in [6.45, 7) is 1.58. The number of hydrogen-bond donors (Lipinski definition) is 0. The predicted octanol–water partition coefficient (Wildman–Crippen LogP) is 3.53. The van der Waals surface area contributed by atoms with Crippen molar-refractivity contribution in [1.29, 1.82) is 0 Å². The highest BCUT2D eigenvalue weighted by atomic mass is 32.2. The second kappa shape index (κ2) is 8.00. The molecule has 3 aliphatic rings. The molecule has 5 nitrogen and oxygen atoms in total. The van der Waals surface area contributed by atoms with E-state index in [9.17, 15) is 26.4 Å². The van der Waals surface area contributed by atoms with Gasteiger partial charge in [-0.1, -0.05) is 24.3 Å². The number of hydrogen-bond acceptors (Lipinski definition) is 3. The highest BCUT2D eigenvalue weighted by Crippen LogP contribution is 2.37. The molecule has 0 spiro atoms. The van der Waals surface area contributed by atoms with Crippen LogP contribution in [0.2, 0.25) is 0 Å². The van der Waals surface area contributed by atoms with Gasteiger partial charge in [-0.25, -0.2) is 8.42 Å². The molecule has 2 fully saturated rings. The Morgan fingerprint density at radius 2 is 1.53 bits per heavy atom. The van der Waals surface area contributed by atoms with Crippen LogP contribution in [0.4, 0.5) is 13.2 Å². The van der Waals surface area contributed by atoms with E-state index in [1.54, 1.807) is 0 Å². The molecule has 0 unspecified atom stereocenters. The first-order valence-electron chi connectivity index (χ1n) is 10.3. The molecule has 4 rings (SSSR count). The zero-order valence-electron chi connectivity index (χ0n) is 16.5. The molecule has 1 aliphatic carbocycles. The summed E-state index contributed by atoms with van der Waals surface area (Å²) in [6.07, 6.45) is 2.22. The number of sulfonamides is 1. The number of fused-ring (bicyclic) bond motifs is 1. The number of likely N-dealkylation sites (tertiary alicyclic amines) is 1. The Labute approximate surface area is 174 Å². The van der Waals surface area contributed by atoms with E-state index in [0.29, 0.717) is 24.7 Å². The van der Waals surface area contributed by atoms with E-state index in [-0.39, 0.29) is 24.9 Å². The zero-order chi connectivity index (χ0) is 21.5. The van der Waals surface area contributed by atoms with Gasteiger partial charge in [0.2, 0.25) is 15.9 Å². The Morgan fingerprint density at radius 3 is 2.10 bits per heavy atom. The lowest BCUT2D eigenvalue weighted by molar-refractivity contribution is -0.140. The van der Waals surface area contributed by atoms with Gasteiger partial charge in [0.25, 0.3) is 0 Å². The lowest BCUT2D eigenvalue weighted by Crippen LogP contribution is -2.44. The van der Waals surface area contributed by atoms with Gasteiger partial charge >= 0.3 is 6.18 Å². The molecule has 2 atom stereocenters. The van der Waals surface area contributed by atoms with Crippen LogP contribution in [0.25, 0.3) is 0 Å². The summed E-state index contributed by atoms with van der Waals surface area (Å²) < 4.78 is 66.7. The zero-order valence-corrected chi connectivity index (χ0v) is 17.3. The van der Waals surface area contributed by atoms with Gasteiger partial charge in [-0.05, 0) is 49.7 Å². The number of carbonyl (C=O) groups is 1. The van der Waals surface area contributed by atoms with Crippen molar-refractivity contribution in [2.45, 2.75) is 36.8 Å². The van der Waals surface area contributed by atoms with E-state index < -0.39 is 26.7 Å². The standard InChI is InChI=1S/C21H25F3N2O3S/c22-21(23,24)18-7-3-4-8-19(18)30(28,29)26-11-9-15(10-12-26)20(27)25-13-16-5-1-2-6-17(16)14-25/h1-4,7-8,15-17H,5-6,9-14H2/t16-,17-/m0/s1. The summed E-state index contributed by atoms with van der Waals surface area (Å²) in [7, 11) is -4.28. The average molecular weight is 443 g/mol. The number of alkyl halides is 3. The maximum absolute atomic E-state index is 13.3. The molecule has 2 saturated heterocycles. The highest BCUT2D eigenvalue weighted by Gasteiger charge is 2.42. The molecule has 9 heteroatoms. The molecular formula is C21H25F3N2O3S. The van der Waals surface area contributed by atoms with E-state index in [2.05, 4.69) is 12.2 Å². The number of rotatable bonds is 3. The van der Waals surface area contributed by atoms with E-state index >= 15 is 0 Å². The molecule has 1 amide bonds. The van der Waals surface area contributed by atoms with Crippen LogP contribution < -0.4 is 0 Å². The van der Waals surface area contributed by atoms with Crippen molar-refractivity contribution in [1.82, 2.24) is 9.21 Å². The van der Waals surface area contributed by atoms with Crippen LogP contribution in [0.5, 0.6) is 0 Å². The molecule has 0 N–H and O–H groups in total. The Morgan fingerprint density at radius 1 is 0.967 bits per heavy atom. The Balaban J connectivity index is 1.42. The highest BCUT2D eigenvalue weighted by molar-refractivity contribution is 7.89. The summed E-state index contributed by atoms with van der Waals surface area (Å²) in [5, 5.41) is 0. The van der Waals surface area contributed by atoms with Crippen molar-refractivity contribution in [3.8, 4) is 0 Å². The molecular weight excluding hydrogens is 417 g/mol. The summed E-state index contributed by atoms with van der Waals surface area (Å²) in [5.74, 6) is 0.774. The Hall–Kier alpha value is -1.87. The van der Waals surface area contributed by atoms with E-state index in [0.717, 1.165) is 42.4 Å². The van der Waals surface area contributed by atoms with Crippen molar-refractivity contribution in [2.75, 3.05) is 26.2 Å². The van der Waals surface area contributed by atoms with Crippen LogP contribution >= 0.6 is 0 Å². The molecule has 2 heterocycles. The molecule has 1 aromatic carbocycles.